The number of hydrogen-bond acceptors (Lipinski definition) is 2. The van der Waals surface area contributed by atoms with Gasteiger partial charge in [0.25, 0.3) is 0 Å². The molecule has 20 heavy (non-hydrogen) atoms. The van der Waals surface area contributed by atoms with E-state index in [2.05, 4.69) is 69.6 Å². The fourth-order valence-electron chi connectivity index (χ4n) is 2.55. The van der Waals surface area contributed by atoms with Gasteiger partial charge in [0.05, 0.1) is 5.69 Å². The van der Waals surface area contributed by atoms with E-state index in [9.17, 15) is 0 Å². The fourth-order valence-corrected chi connectivity index (χ4v) is 2.55. The lowest BCUT2D eigenvalue weighted by Gasteiger charge is -2.34. The summed E-state index contributed by atoms with van der Waals surface area (Å²) in [5.41, 5.74) is 2.77. The molecule has 1 atom stereocenters. The lowest BCUT2D eigenvalue weighted by atomic mass is 9.75. The van der Waals surface area contributed by atoms with Crippen LogP contribution < -0.4 is 5.32 Å². The summed E-state index contributed by atoms with van der Waals surface area (Å²) in [6.45, 7) is 18.9. The Bertz CT molecular complexity index is 406. The molecular formula is C17H33N3. The molecule has 0 saturated heterocycles. The summed E-state index contributed by atoms with van der Waals surface area (Å²) in [4.78, 5) is 0. The fraction of sp³-hybridized carbons (Fsp3) is 0.824. The molecule has 1 aromatic rings. The maximum Gasteiger partial charge on any atom is 0.0596 e. The van der Waals surface area contributed by atoms with Crippen molar-refractivity contribution in [3.63, 3.8) is 0 Å². The average molecular weight is 279 g/mol. The van der Waals surface area contributed by atoms with E-state index in [1.807, 2.05) is 0 Å². The van der Waals surface area contributed by atoms with Gasteiger partial charge in [-0.25, -0.2) is 0 Å². The highest BCUT2D eigenvalue weighted by Gasteiger charge is 2.29. The van der Waals surface area contributed by atoms with Gasteiger partial charge in [0, 0.05) is 18.8 Å². The zero-order chi connectivity index (χ0) is 15.3. The summed E-state index contributed by atoms with van der Waals surface area (Å²) in [5, 5.41) is 8.22. The summed E-state index contributed by atoms with van der Waals surface area (Å²) in [6.07, 6.45) is 1.09. The van der Waals surface area contributed by atoms with Gasteiger partial charge >= 0.3 is 0 Å². The molecule has 0 amide bonds. The van der Waals surface area contributed by atoms with Gasteiger partial charge < -0.3 is 5.32 Å². The second-order valence-electron chi connectivity index (χ2n) is 7.10. The van der Waals surface area contributed by atoms with Crippen LogP contribution in [0, 0.1) is 24.2 Å². The maximum absolute atomic E-state index is 4.58. The third kappa shape index (κ3) is 4.62. The van der Waals surface area contributed by atoms with Gasteiger partial charge in [-0.15, -0.1) is 0 Å². The molecule has 0 saturated carbocycles. The van der Waals surface area contributed by atoms with Gasteiger partial charge in [-0.2, -0.15) is 5.10 Å². The van der Waals surface area contributed by atoms with E-state index in [0.717, 1.165) is 31.7 Å². The first-order valence-electron chi connectivity index (χ1n) is 8.02. The standard InChI is InChI=1S/C17H33N3/c1-8-20-16(9-15(6)19-20)10-17(7,14(4)5)12-18-11-13(2)3/h9,13-14,18H,8,10-12H2,1-7H3. The zero-order valence-corrected chi connectivity index (χ0v) is 14.5. The van der Waals surface area contributed by atoms with Crippen LogP contribution in [0.3, 0.4) is 0 Å². The van der Waals surface area contributed by atoms with Gasteiger partial charge in [-0.3, -0.25) is 4.68 Å². The molecule has 0 radical (unpaired) electrons. The Kier molecular flexibility index (Phi) is 6.25. The van der Waals surface area contributed by atoms with Crippen molar-refractivity contribution >= 4 is 0 Å². The molecule has 0 aliphatic carbocycles. The summed E-state index contributed by atoms with van der Waals surface area (Å²) < 4.78 is 2.15. The SMILES string of the molecule is CCn1nc(C)cc1CC(C)(CNCC(C)C)C(C)C. The van der Waals surface area contributed by atoms with Crippen LogP contribution in [-0.2, 0) is 13.0 Å². The molecule has 0 aliphatic heterocycles. The van der Waals surface area contributed by atoms with Crippen LogP contribution in [0.5, 0.6) is 0 Å². The van der Waals surface area contributed by atoms with Crippen LogP contribution in [0.2, 0.25) is 0 Å². The van der Waals surface area contributed by atoms with E-state index in [1.54, 1.807) is 0 Å². The van der Waals surface area contributed by atoms with E-state index in [1.165, 1.54) is 5.69 Å². The highest BCUT2D eigenvalue weighted by Crippen LogP contribution is 2.31. The molecule has 0 fully saturated rings. The lowest BCUT2D eigenvalue weighted by molar-refractivity contribution is 0.200. The first kappa shape index (κ1) is 17.2. The molecule has 1 aromatic heterocycles. The number of aromatic nitrogens is 2. The topological polar surface area (TPSA) is 29.9 Å². The van der Waals surface area contributed by atoms with Crippen molar-refractivity contribution in [1.29, 1.82) is 0 Å². The van der Waals surface area contributed by atoms with Crippen molar-refractivity contribution in [3.8, 4) is 0 Å². The van der Waals surface area contributed by atoms with Crippen molar-refractivity contribution in [1.82, 2.24) is 15.1 Å². The van der Waals surface area contributed by atoms with Crippen LogP contribution in [0.25, 0.3) is 0 Å². The molecule has 3 nitrogen and oxygen atoms in total. The van der Waals surface area contributed by atoms with E-state index in [0.29, 0.717) is 11.8 Å². The van der Waals surface area contributed by atoms with Crippen LogP contribution in [-0.4, -0.2) is 22.9 Å². The minimum Gasteiger partial charge on any atom is -0.316 e. The Labute approximate surface area is 125 Å². The third-order valence-corrected chi connectivity index (χ3v) is 4.35. The summed E-state index contributed by atoms with van der Waals surface area (Å²) in [7, 11) is 0. The Balaban J connectivity index is 2.79. The van der Waals surface area contributed by atoms with Crippen LogP contribution in [0.15, 0.2) is 6.07 Å². The van der Waals surface area contributed by atoms with Gasteiger partial charge in [0.2, 0.25) is 0 Å². The van der Waals surface area contributed by atoms with Gasteiger partial charge in [-0.1, -0.05) is 34.6 Å². The second-order valence-corrected chi connectivity index (χ2v) is 7.10. The molecule has 3 heteroatoms. The van der Waals surface area contributed by atoms with Crippen molar-refractivity contribution in [2.24, 2.45) is 17.3 Å². The van der Waals surface area contributed by atoms with Crippen molar-refractivity contribution in [2.75, 3.05) is 13.1 Å². The predicted octanol–water partition coefficient (Wildman–Crippen LogP) is 3.66. The summed E-state index contributed by atoms with van der Waals surface area (Å²) in [6, 6.07) is 2.24. The van der Waals surface area contributed by atoms with E-state index < -0.39 is 0 Å². The maximum atomic E-state index is 4.58. The normalized spacial score (nSPS) is 15.1. The Hall–Kier alpha value is -0.830. The molecule has 116 valence electrons. The largest absolute Gasteiger partial charge is 0.316 e. The number of aryl methyl sites for hydroxylation is 2. The minimum atomic E-state index is 0.272. The first-order chi connectivity index (χ1) is 9.28. The Morgan fingerprint density at radius 3 is 2.45 bits per heavy atom. The average Bonchev–Trinajstić information content (AvgIpc) is 2.68. The summed E-state index contributed by atoms with van der Waals surface area (Å²) in [5.74, 6) is 1.34. The number of rotatable bonds is 8. The molecule has 0 bridgehead atoms. The highest BCUT2D eigenvalue weighted by atomic mass is 15.3. The van der Waals surface area contributed by atoms with E-state index in [4.69, 9.17) is 0 Å². The van der Waals surface area contributed by atoms with Crippen molar-refractivity contribution in [3.05, 3.63) is 17.5 Å². The molecule has 1 heterocycles. The zero-order valence-electron chi connectivity index (χ0n) is 14.5. The third-order valence-electron chi connectivity index (χ3n) is 4.35. The molecule has 1 rings (SSSR count). The smallest absolute Gasteiger partial charge is 0.0596 e. The number of nitrogens with zero attached hydrogens (tertiary/aromatic N) is 2. The van der Waals surface area contributed by atoms with Gasteiger partial charge in [0.15, 0.2) is 0 Å². The summed E-state index contributed by atoms with van der Waals surface area (Å²) >= 11 is 0. The van der Waals surface area contributed by atoms with Crippen LogP contribution in [0.4, 0.5) is 0 Å². The number of hydrogen-bond donors (Lipinski definition) is 1. The van der Waals surface area contributed by atoms with Gasteiger partial charge in [-0.05, 0) is 50.1 Å². The lowest BCUT2D eigenvalue weighted by Crippen LogP contribution is -2.39. The molecular weight excluding hydrogens is 246 g/mol. The Morgan fingerprint density at radius 1 is 1.30 bits per heavy atom. The number of nitrogens with one attached hydrogen (secondary N) is 1. The molecule has 0 aliphatic rings. The van der Waals surface area contributed by atoms with Gasteiger partial charge in [0.1, 0.15) is 0 Å². The minimum absolute atomic E-state index is 0.272. The molecule has 0 aromatic carbocycles. The van der Waals surface area contributed by atoms with Crippen LogP contribution in [0.1, 0.15) is 52.9 Å². The second kappa shape index (κ2) is 7.26. The quantitative estimate of drug-likeness (QED) is 0.787. The highest BCUT2D eigenvalue weighted by molar-refractivity contribution is 5.11. The van der Waals surface area contributed by atoms with E-state index in [-0.39, 0.29) is 5.41 Å². The van der Waals surface area contributed by atoms with Crippen molar-refractivity contribution < 1.29 is 0 Å². The van der Waals surface area contributed by atoms with Crippen molar-refractivity contribution in [2.45, 2.75) is 61.4 Å². The predicted molar refractivity (Wildman–Crippen MR) is 87.0 cm³/mol. The van der Waals surface area contributed by atoms with E-state index >= 15 is 0 Å². The molecule has 1 N–H and O–H groups in total. The molecule has 0 spiro atoms. The molecule has 1 unspecified atom stereocenters. The Morgan fingerprint density at radius 2 is 1.95 bits per heavy atom. The monoisotopic (exact) mass is 279 g/mol. The first-order valence-corrected chi connectivity index (χ1v) is 8.02. The van der Waals surface area contributed by atoms with Crippen LogP contribution >= 0.6 is 0 Å².